The van der Waals surface area contributed by atoms with E-state index < -0.39 is 0 Å². The summed E-state index contributed by atoms with van der Waals surface area (Å²) < 4.78 is 2.76. The first-order valence-electron chi connectivity index (χ1n) is 8.28. The molecule has 2 heterocycles. The first-order chi connectivity index (χ1) is 13.2. The van der Waals surface area contributed by atoms with E-state index >= 15 is 0 Å². The van der Waals surface area contributed by atoms with Crippen LogP contribution in [0.15, 0.2) is 76.8 Å². The summed E-state index contributed by atoms with van der Waals surface area (Å²) in [5.41, 5.74) is 3.65. The van der Waals surface area contributed by atoms with Gasteiger partial charge in [-0.2, -0.15) is 5.10 Å². The fraction of sp³-hybridized carbons (Fsp3) is 0.0500. The maximum atomic E-state index is 12.3. The van der Waals surface area contributed by atoms with Crippen molar-refractivity contribution in [1.29, 1.82) is 0 Å². The van der Waals surface area contributed by atoms with Gasteiger partial charge in [0.1, 0.15) is 0 Å². The van der Waals surface area contributed by atoms with E-state index in [0.29, 0.717) is 5.13 Å². The SMILES string of the molecule is O=C(Cc1cnn(-c2ccccc2)c1)Nc1nc(-c2cccc(Br)c2)cs1. The van der Waals surface area contributed by atoms with Gasteiger partial charge in [-0.05, 0) is 29.8 Å². The van der Waals surface area contributed by atoms with Crippen molar-refractivity contribution in [2.75, 3.05) is 5.32 Å². The van der Waals surface area contributed by atoms with Crippen molar-refractivity contribution in [1.82, 2.24) is 14.8 Å². The van der Waals surface area contributed by atoms with E-state index in [2.05, 4.69) is 31.3 Å². The highest BCUT2D eigenvalue weighted by atomic mass is 79.9. The van der Waals surface area contributed by atoms with Crippen molar-refractivity contribution < 1.29 is 4.79 Å². The lowest BCUT2D eigenvalue weighted by molar-refractivity contribution is -0.115. The second kappa shape index (κ2) is 7.85. The van der Waals surface area contributed by atoms with Crippen LogP contribution in [-0.2, 0) is 11.2 Å². The zero-order valence-electron chi connectivity index (χ0n) is 14.2. The van der Waals surface area contributed by atoms with Crippen molar-refractivity contribution in [3.05, 3.63) is 82.4 Å². The van der Waals surface area contributed by atoms with Gasteiger partial charge in [0.25, 0.3) is 0 Å². The average Bonchev–Trinajstić information content (AvgIpc) is 3.32. The van der Waals surface area contributed by atoms with Crippen molar-refractivity contribution in [2.24, 2.45) is 0 Å². The number of halogens is 1. The molecule has 7 heteroatoms. The lowest BCUT2D eigenvalue weighted by atomic mass is 10.2. The second-order valence-electron chi connectivity index (χ2n) is 5.90. The zero-order valence-corrected chi connectivity index (χ0v) is 16.6. The van der Waals surface area contributed by atoms with Gasteiger partial charge in [-0.25, -0.2) is 9.67 Å². The Hall–Kier alpha value is -2.77. The molecule has 0 aliphatic heterocycles. The van der Waals surface area contributed by atoms with Crippen LogP contribution in [0.4, 0.5) is 5.13 Å². The van der Waals surface area contributed by atoms with E-state index in [1.807, 2.05) is 66.2 Å². The lowest BCUT2D eigenvalue weighted by Gasteiger charge is -2.01. The largest absolute Gasteiger partial charge is 0.302 e. The average molecular weight is 439 g/mol. The Labute approximate surface area is 168 Å². The van der Waals surface area contributed by atoms with Crippen molar-refractivity contribution in [3.8, 4) is 16.9 Å². The number of anilines is 1. The monoisotopic (exact) mass is 438 g/mol. The highest BCUT2D eigenvalue weighted by Gasteiger charge is 2.10. The third kappa shape index (κ3) is 4.32. The number of carbonyl (C=O) groups is 1. The van der Waals surface area contributed by atoms with Crippen LogP contribution >= 0.6 is 27.3 Å². The lowest BCUT2D eigenvalue weighted by Crippen LogP contribution is -2.13. The fourth-order valence-electron chi connectivity index (χ4n) is 2.63. The van der Waals surface area contributed by atoms with Crippen molar-refractivity contribution >= 4 is 38.3 Å². The number of rotatable bonds is 5. The maximum absolute atomic E-state index is 12.3. The Kier molecular flexibility index (Phi) is 5.13. The Morgan fingerprint density at radius 2 is 2.00 bits per heavy atom. The Bertz CT molecular complexity index is 1070. The molecule has 2 aromatic heterocycles. The summed E-state index contributed by atoms with van der Waals surface area (Å²) in [6, 6.07) is 17.7. The molecular weight excluding hydrogens is 424 g/mol. The standard InChI is InChI=1S/C20H15BrN4OS/c21-16-6-4-5-15(10-16)18-13-27-20(23-18)24-19(26)9-14-11-22-25(12-14)17-7-2-1-3-8-17/h1-8,10-13H,9H2,(H,23,24,26). The molecule has 0 saturated heterocycles. The molecule has 134 valence electrons. The normalized spacial score (nSPS) is 10.7. The van der Waals surface area contributed by atoms with E-state index in [-0.39, 0.29) is 12.3 Å². The molecule has 0 unspecified atom stereocenters. The smallest absolute Gasteiger partial charge is 0.230 e. The number of thiazole rings is 1. The minimum atomic E-state index is -0.113. The number of benzene rings is 2. The molecule has 1 N–H and O–H groups in total. The van der Waals surface area contributed by atoms with Gasteiger partial charge in [0.15, 0.2) is 5.13 Å². The van der Waals surface area contributed by atoms with Crippen LogP contribution in [0, 0.1) is 0 Å². The van der Waals surface area contributed by atoms with E-state index in [1.165, 1.54) is 11.3 Å². The first kappa shape index (κ1) is 17.6. The van der Waals surface area contributed by atoms with Crippen LogP contribution in [0.1, 0.15) is 5.56 Å². The van der Waals surface area contributed by atoms with Gasteiger partial charge in [-0.3, -0.25) is 4.79 Å². The number of amides is 1. The van der Waals surface area contributed by atoms with E-state index in [1.54, 1.807) is 10.9 Å². The van der Waals surface area contributed by atoms with Crippen molar-refractivity contribution in [2.45, 2.75) is 6.42 Å². The Morgan fingerprint density at radius 1 is 1.15 bits per heavy atom. The number of nitrogens with zero attached hydrogens (tertiary/aromatic N) is 3. The Morgan fingerprint density at radius 3 is 2.81 bits per heavy atom. The summed E-state index contributed by atoms with van der Waals surface area (Å²) in [5.74, 6) is -0.113. The predicted molar refractivity (Wildman–Crippen MR) is 111 cm³/mol. The molecule has 0 bridgehead atoms. The molecular formula is C20H15BrN4OS. The van der Waals surface area contributed by atoms with Gasteiger partial charge in [-0.15, -0.1) is 11.3 Å². The molecule has 0 saturated carbocycles. The van der Waals surface area contributed by atoms with Crippen LogP contribution < -0.4 is 5.32 Å². The van der Waals surface area contributed by atoms with Crippen LogP contribution in [0.5, 0.6) is 0 Å². The van der Waals surface area contributed by atoms with E-state index in [0.717, 1.165) is 27.0 Å². The van der Waals surface area contributed by atoms with Crippen LogP contribution in [-0.4, -0.2) is 20.7 Å². The number of carbonyl (C=O) groups excluding carboxylic acids is 1. The molecule has 4 aromatic rings. The molecule has 4 rings (SSSR count). The van der Waals surface area contributed by atoms with Gasteiger partial charge in [0.2, 0.25) is 5.91 Å². The highest BCUT2D eigenvalue weighted by Crippen LogP contribution is 2.27. The zero-order chi connectivity index (χ0) is 18.6. The molecule has 0 aliphatic carbocycles. The van der Waals surface area contributed by atoms with Crippen LogP contribution in [0.3, 0.4) is 0 Å². The third-order valence-corrected chi connectivity index (χ3v) is 5.14. The topological polar surface area (TPSA) is 59.8 Å². The van der Waals surface area contributed by atoms with Gasteiger partial charge in [0, 0.05) is 21.6 Å². The summed E-state index contributed by atoms with van der Waals surface area (Å²) in [6.45, 7) is 0. The van der Waals surface area contributed by atoms with Gasteiger partial charge in [-0.1, -0.05) is 46.3 Å². The molecule has 0 radical (unpaired) electrons. The summed E-state index contributed by atoms with van der Waals surface area (Å²) in [6.07, 6.45) is 3.82. The Balaban J connectivity index is 1.41. The first-order valence-corrected chi connectivity index (χ1v) is 9.95. The van der Waals surface area contributed by atoms with Gasteiger partial charge in [0.05, 0.1) is 24.0 Å². The van der Waals surface area contributed by atoms with Crippen molar-refractivity contribution in [3.63, 3.8) is 0 Å². The molecule has 1 amide bonds. The van der Waals surface area contributed by atoms with Crippen LogP contribution in [0.25, 0.3) is 16.9 Å². The van der Waals surface area contributed by atoms with Gasteiger partial charge >= 0.3 is 0 Å². The highest BCUT2D eigenvalue weighted by molar-refractivity contribution is 9.10. The summed E-state index contributed by atoms with van der Waals surface area (Å²) in [5, 5.41) is 9.71. The number of hydrogen-bond donors (Lipinski definition) is 1. The summed E-state index contributed by atoms with van der Waals surface area (Å²) in [4.78, 5) is 16.8. The molecule has 5 nitrogen and oxygen atoms in total. The molecule has 0 fully saturated rings. The minimum absolute atomic E-state index is 0.113. The summed E-state index contributed by atoms with van der Waals surface area (Å²) in [7, 11) is 0. The van der Waals surface area contributed by atoms with E-state index in [4.69, 9.17) is 0 Å². The van der Waals surface area contributed by atoms with E-state index in [9.17, 15) is 4.79 Å². The number of para-hydroxylation sites is 1. The fourth-order valence-corrected chi connectivity index (χ4v) is 3.77. The maximum Gasteiger partial charge on any atom is 0.230 e. The molecule has 27 heavy (non-hydrogen) atoms. The minimum Gasteiger partial charge on any atom is -0.302 e. The molecule has 0 spiro atoms. The molecule has 2 aromatic carbocycles. The van der Waals surface area contributed by atoms with Crippen LogP contribution in [0.2, 0.25) is 0 Å². The molecule has 0 atom stereocenters. The number of nitrogens with one attached hydrogen (secondary N) is 1. The molecule has 0 aliphatic rings. The summed E-state index contributed by atoms with van der Waals surface area (Å²) >= 11 is 4.87. The quantitative estimate of drug-likeness (QED) is 0.479. The number of aromatic nitrogens is 3. The second-order valence-corrected chi connectivity index (χ2v) is 7.68. The number of hydrogen-bond acceptors (Lipinski definition) is 4. The predicted octanol–water partition coefficient (Wildman–Crippen LogP) is 4.94. The van der Waals surface area contributed by atoms with Gasteiger partial charge < -0.3 is 5.32 Å². The third-order valence-electron chi connectivity index (χ3n) is 3.89.